The lowest BCUT2D eigenvalue weighted by Gasteiger charge is -2.27. The summed E-state index contributed by atoms with van der Waals surface area (Å²) in [5, 5.41) is 4.14. The van der Waals surface area contributed by atoms with Crippen LogP contribution in [0.5, 0.6) is 11.5 Å². The maximum atomic E-state index is 15.8. The van der Waals surface area contributed by atoms with Crippen molar-refractivity contribution in [2.45, 2.75) is 19.8 Å². The van der Waals surface area contributed by atoms with E-state index in [0.717, 1.165) is 22.6 Å². The van der Waals surface area contributed by atoms with Gasteiger partial charge in [-0.05, 0) is 62.2 Å². The van der Waals surface area contributed by atoms with Crippen molar-refractivity contribution >= 4 is 23.2 Å². The van der Waals surface area contributed by atoms with Crippen LogP contribution in [-0.4, -0.2) is 26.6 Å². The number of hydrogen-bond donors (Lipinski definition) is 1. The summed E-state index contributed by atoms with van der Waals surface area (Å²) in [5.74, 6) is -2.02. The number of halogens is 2. The van der Waals surface area contributed by atoms with Crippen LogP contribution in [0.4, 0.5) is 20.2 Å². The van der Waals surface area contributed by atoms with E-state index in [-0.39, 0.29) is 35.5 Å². The van der Waals surface area contributed by atoms with Gasteiger partial charge >= 0.3 is 0 Å². The lowest BCUT2D eigenvalue weighted by atomic mass is 10.0. The number of pyridine rings is 1. The molecule has 1 aliphatic carbocycles. The minimum atomic E-state index is -1.41. The summed E-state index contributed by atoms with van der Waals surface area (Å²) in [6, 6.07) is 11.3. The number of carbonyl (C=O) groups is 2. The number of carbonyl (C=O) groups excluding carboxylic acids is 2. The van der Waals surface area contributed by atoms with Crippen LogP contribution in [0, 0.1) is 24.0 Å². The van der Waals surface area contributed by atoms with E-state index in [0.29, 0.717) is 11.4 Å². The fourth-order valence-electron chi connectivity index (χ4n) is 4.11. The van der Waals surface area contributed by atoms with E-state index >= 15 is 4.39 Å². The van der Waals surface area contributed by atoms with Crippen LogP contribution in [0.2, 0.25) is 0 Å². The van der Waals surface area contributed by atoms with E-state index in [1.54, 1.807) is 36.3 Å². The first-order valence-corrected chi connectivity index (χ1v) is 11.5. The SMILES string of the molecule is Cc1c(Oc2ccnc(-c3cnn(C)c3)c2)ccc(N(C(=O)C2(C(N)=O)CC2)c2ccc(F)cc2)c1F. The molecule has 188 valence electrons. The Labute approximate surface area is 211 Å². The molecule has 37 heavy (non-hydrogen) atoms. The first kappa shape index (κ1) is 24.1. The molecule has 0 saturated heterocycles. The highest BCUT2D eigenvalue weighted by Gasteiger charge is 2.57. The van der Waals surface area contributed by atoms with Crippen molar-refractivity contribution in [3.63, 3.8) is 0 Å². The lowest BCUT2D eigenvalue weighted by Crippen LogP contribution is -2.41. The van der Waals surface area contributed by atoms with E-state index in [1.165, 1.54) is 31.2 Å². The Morgan fingerprint density at radius 3 is 2.46 bits per heavy atom. The molecule has 0 atom stereocenters. The van der Waals surface area contributed by atoms with E-state index < -0.39 is 28.9 Å². The first-order valence-electron chi connectivity index (χ1n) is 11.5. The van der Waals surface area contributed by atoms with Crippen LogP contribution >= 0.6 is 0 Å². The Kier molecular flexibility index (Phi) is 5.94. The van der Waals surface area contributed by atoms with Gasteiger partial charge in [0, 0.05) is 42.3 Å². The third kappa shape index (κ3) is 4.42. The number of amides is 2. The Hall–Kier alpha value is -4.60. The van der Waals surface area contributed by atoms with Crippen molar-refractivity contribution in [1.82, 2.24) is 14.8 Å². The fraction of sp³-hybridized carbons (Fsp3) is 0.185. The molecule has 1 saturated carbocycles. The highest BCUT2D eigenvalue weighted by atomic mass is 19.1. The molecular formula is C27H23F2N5O3. The van der Waals surface area contributed by atoms with Gasteiger partial charge in [-0.2, -0.15) is 5.10 Å². The standard InChI is InChI=1S/C27H23F2N5O3/c1-16-23(37-20-9-12-31-21(13-20)17-14-32-33(2)15-17)8-7-22(24(16)29)34(19-5-3-18(28)4-6-19)26(36)27(10-11-27)25(30)35/h3-9,12-15H,10-11H2,1-2H3,(H2,30,35). The highest BCUT2D eigenvalue weighted by Crippen LogP contribution is 2.49. The summed E-state index contributed by atoms with van der Waals surface area (Å²) in [6.07, 6.45) is 5.59. The number of rotatable bonds is 7. The van der Waals surface area contributed by atoms with Crippen molar-refractivity contribution in [3.05, 3.63) is 84.3 Å². The number of ether oxygens (including phenoxy) is 1. The van der Waals surface area contributed by atoms with Gasteiger partial charge in [-0.3, -0.25) is 24.2 Å². The van der Waals surface area contributed by atoms with Gasteiger partial charge in [-0.1, -0.05) is 0 Å². The number of aromatic nitrogens is 3. The number of benzene rings is 2. The normalized spacial score (nSPS) is 13.7. The Morgan fingerprint density at radius 2 is 1.84 bits per heavy atom. The lowest BCUT2D eigenvalue weighted by molar-refractivity contribution is -0.133. The summed E-state index contributed by atoms with van der Waals surface area (Å²) in [5.41, 5.74) is 5.78. The van der Waals surface area contributed by atoms with Gasteiger partial charge in [0.05, 0.1) is 17.6 Å². The Balaban J connectivity index is 1.51. The average molecular weight is 504 g/mol. The van der Waals surface area contributed by atoms with Crippen molar-refractivity contribution in [3.8, 4) is 22.8 Å². The number of nitrogens with two attached hydrogens (primary N) is 1. The van der Waals surface area contributed by atoms with Crippen LogP contribution in [0.25, 0.3) is 11.3 Å². The predicted molar refractivity (Wildman–Crippen MR) is 132 cm³/mol. The highest BCUT2D eigenvalue weighted by molar-refractivity contribution is 6.16. The van der Waals surface area contributed by atoms with Crippen LogP contribution in [0.3, 0.4) is 0 Å². The van der Waals surface area contributed by atoms with Gasteiger partial charge in [-0.15, -0.1) is 0 Å². The van der Waals surface area contributed by atoms with Gasteiger partial charge in [0.25, 0.3) is 0 Å². The van der Waals surface area contributed by atoms with Crippen molar-refractivity contribution in [1.29, 1.82) is 0 Å². The van der Waals surface area contributed by atoms with Crippen molar-refractivity contribution in [2.24, 2.45) is 18.2 Å². The zero-order chi connectivity index (χ0) is 26.3. The zero-order valence-electron chi connectivity index (χ0n) is 20.1. The molecule has 2 aromatic heterocycles. The summed E-state index contributed by atoms with van der Waals surface area (Å²) in [6.45, 7) is 1.52. The van der Waals surface area contributed by atoms with E-state index in [9.17, 15) is 14.0 Å². The number of nitrogens with zero attached hydrogens (tertiary/aromatic N) is 4. The predicted octanol–water partition coefficient (Wildman–Crippen LogP) is 4.79. The quantitative estimate of drug-likeness (QED) is 0.365. The number of hydrogen-bond acceptors (Lipinski definition) is 5. The van der Waals surface area contributed by atoms with E-state index in [4.69, 9.17) is 10.5 Å². The zero-order valence-corrected chi connectivity index (χ0v) is 20.1. The van der Waals surface area contributed by atoms with Gasteiger partial charge in [0.15, 0.2) is 5.82 Å². The summed E-state index contributed by atoms with van der Waals surface area (Å²) in [7, 11) is 1.80. The molecule has 0 aliphatic heterocycles. The molecule has 2 amide bonds. The van der Waals surface area contributed by atoms with Gasteiger partial charge < -0.3 is 10.5 Å². The number of primary amides is 1. The van der Waals surface area contributed by atoms with Gasteiger partial charge in [0.1, 0.15) is 22.7 Å². The largest absolute Gasteiger partial charge is 0.457 e. The fourth-order valence-corrected chi connectivity index (χ4v) is 4.11. The van der Waals surface area contributed by atoms with Crippen LogP contribution in [0.1, 0.15) is 18.4 Å². The third-order valence-corrected chi connectivity index (χ3v) is 6.44. The van der Waals surface area contributed by atoms with Gasteiger partial charge in [0.2, 0.25) is 11.8 Å². The topological polar surface area (TPSA) is 103 Å². The minimum Gasteiger partial charge on any atom is -0.457 e. The Bertz CT molecular complexity index is 1510. The molecule has 5 rings (SSSR count). The molecule has 0 radical (unpaired) electrons. The second kappa shape index (κ2) is 9.12. The summed E-state index contributed by atoms with van der Waals surface area (Å²) in [4.78, 5) is 31.0. The molecule has 8 nitrogen and oxygen atoms in total. The van der Waals surface area contributed by atoms with Gasteiger partial charge in [-0.25, -0.2) is 8.78 Å². The van der Waals surface area contributed by atoms with Crippen LogP contribution in [0.15, 0.2) is 67.1 Å². The smallest absolute Gasteiger partial charge is 0.247 e. The molecule has 2 aromatic carbocycles. The van der Waals surface area contributed by atoms with Crippen LogP contribution < -0.4 is 15.4 Å². The second-order valence-corrected chi connectivity index (χ2v) is 8.97. The molecular weight excluding hydrogens is 480 g/mol. The molecule has 0 spiro atoms. The molecule has 10 heteroatoms. The molecule has 1 fully saturated rings. The molecule has 0 unspecified atom stereocenters. The maximum absolute atomic E-state index is 15.8. The molecule has 4 aromatic rings. The molecule has 2 N–H and O–H groups in total. The first-order chi connectivity index (χ1) is 17.7. The molecule has 0 bridgehead atoms. The summed E-state index contributed by atoms with van der Waals surface area (Å²) < 4.78 is 37.0. The van der Waals surface area contributed by atoms with Crippen molar-refractivity contribution in [2.75, 3.05) is 4.90 Å². The van der Waals surface area contributed by atoms with Crippen molar-refractivity contribution < 1.29 is 23.1 Å². The third-order valence-electron chi connectivity index (χ3n) is 6.44. The summed E-state index contributed by atoms with van der Waals surface area (Å²) >= 11 is 0. The molecule has 1 aliphatic rings. The monoisotopic (exact) mass is 503 g/mol. The average Bonchev–Trinajstić information content (AvgIpc) is 3.59. The Morgan fingerprint density at radius 1 is 1.11 bits per heavy atom. The maximum Gasteiger partial charge on any atom is 0.247 e. The second-order valence-electron chi connectivity index (χ2n) is 8.97. The minimum absolute atomic E-state index is 0.0974. The molecule has 2 heterocycles. The number of aryl methyl sites for hydroxylation is 1. The van der Waals surface area contributed by atoms with E-state index in [2.05, 4.69) is 10.1 Å². The van der Waals surface area contributed by atoms with E-state index in [1.807, 2.05) is 6.20 Å². The van der Waals surface area contributed by atoms with Crippen LogP contribution in [-0.2, 0) is 16.6 Å². The number of anilines is 2.